The number of rotatable bonds is 3. The molecule has 72 valence electrons. The zero-order valence-electron chi connectivity index (χ0n) is 8.25. The maximum atomic E-state index is 9.10. The van der Waals surface area contributed by atoms with Crippen LogP contribution in [-0.4, -0.2) is 22.2 Å². The molecule has 0 aromatic rings. The second kappa shape index (κ2) is 15.1. The van der Waals surface area contributed by atoms with Crippen LogP contribution >= 0.6 is 0 Å². The molecule has 4 nitrogen and oxygen atoms in total. The Morgan fingerprint density at radius 3 is 1.62 bits per heavy atom. The molecule has 0 rings (SSSR count). The van der Waals surface area contributed by atoms with Crippen molar-refractivity contribution in [1.82, 2.24) is 0 Å². The third-order valence-electron chi connectivity index (χ3n) is 1.04. The molecule has 2 N–H and O–H groups in total. The third-order valence-corrected chi connectivity index (χ3v) is 1.04. The third kappa shape index (κ3) is 24.5. The minimum atomic E-state index is -1.82. The van der Waals surface area contributed by atoms with Gasteiger partial charge < -0.3 is 17.1 Å². The van der Waals surface area contributed by atoms with Crippen molar-refractivity contribution in [3.63, 3.8) is 0 Å². The van der Waals surface area contributed by atoms with Gasteiger partial charge in [0.05, 0.1) is 0 Å². The van der Waals surface area contributed by atoms with Crippen molar-refractivity contribution in [3.05, 3.63) is 6.92 Å². The van der Waals surface area contributed by atoms with E-state index in [4.69, 9.17) is 19.8 Å². The number of unbranched alkanes of at least 4 members (excludes halogenated alkanes) is 3. The molecule has 0 spiro atoms. The topological polar surface area (TPSA) is 74.6 Å². The van der Waals surface area contributed by atoms with Crippen molar-refractivity contribution in [3.8, 4) is 0 Å². The average Bonchev–Trinajstić information content (AvgIpc) is 2.02. The van der Waals surface area contributed by atoms with E-state index in [0.717, 1.165) is 6.42 Å². The van der Waals surface area contributed by atoms with Crippen LogP contribution < -0.4 is 51.4 Å². The fourth-order valence-electron chi connectivity index (χ4n) is 0.427. The first-order valence-electron chi connectivity index (χ1n) is 3.81. The molecule has 13 heavy (non-hydrogen) atoms. The van der Waals surface area contributed by atoms with Gasteiger partial charge >= 0.3 is 63.3 Å². The molecular formula is C8H15KO4. The molecule has 0 aromatic carbocycles. The quantitative estimate of drug-likeness (QED) is 0.261. The number of carbonyl (C=O) groups is 2. The predicted molar refractivity (Wildman–Crippen MR) is 44.8 cm³/mol. The Morgan fingerprint density at radius 2 is 1.54 bits per heavy atom. The molecule has 0 aliphatic carbocycles. The number of hydrogen-bond acceptors (Lipinski definition) is 2. The van der Waals surface area contributed by atoms with Gasteiger partial charge in [-0.3, -0.25) is 0 Å². The summed E-state index contributed by atoms with van der Waals surface area (Å²) in [5.74, 6) is -3.65. The van der Waals surface area contributed by atoms with E-state index >= 15 is 0 Å². The van der Waals surface area contributed by atoms with Crippen LogP contribution in [0.4, 0.5) is 0 Å². The van der Waals surface area contributed by atoms with Gasteiger partial charge in [0, 0.05) is 0 Å². The second-order valence-electron chi connectivity index (χ2n) is 2.17. The second-order valence-corrected chi connectivity index (χ2v) is 2.17. The number of hydrogen-bond donors (Lipinski definition) is 2. The maximum Gasteiger partial charge on any atom is 1.00 e. The molecular weight excluding hydrogens is 199 g/mol. The van der Waals surface area contributed by atoms with Crippen molar-refractivity contribution in [2.45, 2.75) is 32.6 Å². The summed E-state index contributed by atoms with van der Waals surface area (Å²) in [7, 11) is 0. The Kier molecular flexibility index (Phi) is 22.2. The SMILES string of the molecule is O=C(O)C(=O)O.[CH2-]CCCCC.[K+]. The molecule has 0 bridgehead atoms. The molecule has 0 aromatic heterocycles. The van der Waals surface area contributed by atoms with Crippen molar-refractivity contribution >= 4 is 11.9 Å². The van der Waals surface area contributed by atoms with E-state index in [2.05, 4.69) is 13.8 Å². The smallest absolute Gasteiger partial charge is 0.473 e. The van der Waals surface area contributed by atoms with E-state index < -0.39 is 11.9 Å². The summed E-state index contributed by atoms with van der Waals surface area (Å²) in [6, 6.07) is 0. The predicted octanol–water partition coefficient (Wildman–Crippen LogP) is -1.44. The van der Waals surface area contributed by atoms with Crippen LogP contribution in [0.5, 0.6) is 0 Å². The van der Waals surface area contributed by atoms with Crippen LogP contribution in [0.3, 0.4) is 0 Å². The summed E-state index contributed by atoms with van der Waals surface area (Å²) in [5.41, 5.74) is 0. The first kappa shape index (κ1) is 19.2. The maximum absolute atomic E-state index is 9.10. The van der Waals surface area contributed by atoms with Gasteiger partial charge in [0.2, 0.25) is 0 Å². The Balaban J connectivity index is -0.000000143. The molecule has 0 aliphatic rings. The summed E-state index contributed by atoms with van der Waals surface area (Å²) < 4.78 is 0. The molecule has 0 radical (unpaired) electrons. The van der Waals surface area contributed by atoms with E-state index in [1.165, 1.54) is 19.3 Å². The van der Waals surface area contributed by atoms with E-state index in [0.29, 0.717) is 0 Å². The number of aliphatic carboxylic acids is 2. The Bertz CT molecular complexity index is 120. The van der Waals surface area contributed by atoms with Crippen LogP contribution in [-0.2, 0) is 9.59 Å². The first-order chi connectivity index (χ1) is 5.56. The van der Waals surface area contributed by atoms with Gasteiger partial charge in [-0.05, 0) is 0 Å². The molecule has 0 amide bonds. The summed E-state index contributed by atoms with van der Waals surface area (Å²) in [4.78, 5) is 18.2. The van der Waals surface area contributed by atoms with Gasteiger partial charge in [-0.15, -0.1) is 0 Å². The Morgan fingerprint density at radius 1 is 1.15 bits per heavy atom. The molecule has 0 fully saturated rings. The first-order valence-corrected chi connectivity index (χ1v) is 3.81. The van der Waals surface area contributed by atoms with E-state index in [1.54, 1.807) is 0 Å². The van der Waals surface area contributed by atoms with Crippen LogP contribution in [0, 0.1) is 6.92 Å². The minimum Gasteiger partial charge on any atom is -0.473 e. The largest absolute Gasteiger partial charge is 1.00 e. The summed E-state index contributed by atoms with van der Waals surface area (Å²) in [6.07, 6.45) is 5.07. The van der Waals surface area contributed by atoms with Crippen molar-refractivity contribution in [1.29, 1.82) is 0 Å². The van der Waals surface area contributed by atoms with E-state index in [1.807, 2.05) is 0 Å². The minimum absolute atomic E-state index is 0. The zero-order chi connectivity index (χ0) is 9.98. The molecule has 5 heteroatoms. The number of carboxylic acids is 2. The van der Waals surface area contributed by atoms with Gasteiger partial charge in [-0.25, -0.2) is 9.59 Å². The molecule has 0 aliphatic heterocycles. The van der Waals surface area contributed by atoms with Crippen molar-refractivity contribution in [2.24, 2.45) is 0 Å². The van der Waals surface area contributed by atoms with Crippen LogP contribution in [0.1, 0.15) is 32.6 Å². The van der Waals surface area contributed by atoms with Crippen molar-refractivity contribution < 1.29 is 71.2 Å². The standard InChI is InChI=1S/C6H13.C2H2O4.K/c1-3-5-6-4-2;3-1(4)2(5)6;/h1,3-6H2,2H3;(H,3,4)(H,5,6);/q-1;;+1. The van der Waals surface area contributed by atoms with E-state index in [9.17, 15) is 0 Å². The van der Waals surface area contributed by atoms with Gasteiger partial charge in [0.1, 0.15) is 0 Å². The van der Waals surface area contributed by atoms with E-state index in [-0.39, 0.29) is 51.4 Å². The summed E-state index contributed by atoms with van der Waals surface area (Å²) >= 11 is 0. The van der Waals surface area contributed by atoms with Crippen LogP contribution in [0.2, 0.25) is 0 Å². The van der Waals surface area contributed by atoms with Crippen molar-refractivity contribution in [2.75, 3.05) is 0 Å². The van der Waals surface area contributed by atoms with Gasteiger partial charge in [-0.2, -0.15) is 6.42 Å². The molecule has 0 saturated heterocycles. The zero-order valence-corrected chi connectivity index (χ0v) is 11.4. The Labute approximate surface area is 121 Å². The normalized spacial score (nSPS) is 7.54. The molecule has 0 heterocycles. The monoisotopic (exact) mass is 214 g/mol. The van der Waals surface area contributed by atoms with Gasteiger partial charge in [-0.1, -0.05) is 26.2 Å². The van der Waals surface area contributed by atoms with Gasteiger partial charge in [0.15, 0.2) is 0 Å². The van der Waals surface area contributed by atoms with Gasteiger partial charge in [0.25, 0.3) is 0 Å². The molecule has 0 saturated carbocycles. The number of carboxylic acid groups (broad SMARTS) is 2. The fraction of sp³-hybridized carbons (Fsp3) is 0.625. The molecule has 0 atom stereocenters. The summed E-state index contributed by atoms with van der Waals surface area (Å²) in [6.45, 7) is 5.93. The fourth-order valence-corrected chi connectivity index (χ4v) is 0.427. The average molecular weight is 214 g/mol. The van der Waals surface area contributed by atoms with Crippen LogP contribution in [0.25, 0.3) is 0 Å². The van der Waals surface area contributed by atoms with Crippen LogP contribution in [0.15, 0.2) is 0 Å². The molecule has 0 unspecified atom stereocenters. The summed E-state index contributed by atoms with van der Waals surface area (Å²) in [5, 5.41) is 14.8. The Hall–Kier alpha value is 0.576.